The van der Waals surface area contributed by atoms with E-state index in [-0.39, 0.29) is 5.91 Å². The third-order valence-corrected chi connectivity index (χ3v) is 5.40. The molecule has 1 saturated heterocycles. The second-order valence-electron chi connectivity index (χ2n) is 7.40. The van der Waals surface area contributed by atoms with Crippen LogP contribution in [-0.2, 0) is 6.42 Å². The second-order valence-corrected chi connectivity index (χ2v) is 7.40. The second kappa shape index (κ2) is 6.23. The Balaban J connectivity index is 1.29. The fourth-order valence-corrected chi connectivity index (χ4v) is 3.82. The van der Waals surface area contributed by atoms with E-state index in [1.165, 1.54) is 0 Å². The SMILES string of the molecule is O=C(c1cc(C2CC2)no1)N1CCCC(Cc2nnc3ccccn23)C1. The number of hydrogen-bond acceptors (Lipinski definition) is 5. The molecule has 0 spiro atoms. The quantitative estimate of drug-likeness (QED) is 0.722. The summed E-state index contributed by atoms with van der Waals surface area (Å²) in [5.41, 5.74) is 1.79. The molecule has 1 saturated carbocycles. The topological polar surface area (TPSA) is 76.5 Å². The van der Waals surface area contributed by atoms with Gasteiger partial charge in [0.15, 0.2) is 5.65 Å². The number of piperidine rings is 1. The lowest BCUT2D eigenvalue weighted by atomic mass is 9.94. The number of aromatic nitrogens is 4. The van der Waals surface area contributed by atoms with Crippen LogP contribution in [0.4, 0.5) is 0 Å². The molecule has 26 heavy (non-hydrogen) atoms. The Morgan fingerprint density at radius 3 is 3.04 bits per heavy atom. The van der Waals surface area contributed by atoms with Gasteiger partial charge in [-0.1, -0.05) is 11.2 Å². The minimum Gasteiger partial charge on any atom is -0.351 e. The van der Waals surface area contributed by atoms with Gasteiger partial charge in [-0.05, 0) is 43.7 Å². The van der Waals surface area contributed by atoms with Crippen molar-refractivity contribution < 1.29 is 9.32 Å². The van der Waals surface area contributed by atoms with Crippen molar-refractivity contribution in [1.29, 1.82) is 0 Å². The van der Waals surface area contributed by atoms with E-state index in [4.69, 9.17) is 4.52 Å². The summed E-state index contributed by atoms with van der Waals surface area (Å²) >= 11 is 0. The van der Waals surface area contributed by atoms with Gasteiger partial charge in [-0.3, -0.25) is 9.20 Å². The van der Waals surface area contributed by atoms with E-state index < -0.39 is 0 Å². The van der Waals surface area contributed by atoms with Gasteiger partial charge in [0.25, 0.3) is 5.91 Å². The van der Waals surface area contributed by atoms with Crippen molar-refractivity contribution in [3.05, 3.63) is 47.7 Å². The van der Waals surface area contributed by atoms with Gasteiger partial charge in [-0.2, -0.15) is 0 Å². The Labute approximate surface area is 151 Å². The minimum absolute atomic E-state index is 0.0415. The predicted molar refractivity (Wildman–Crippen MR) is 93.8 cm³/mol. The zero-order chi connectivity index (χ0) is 17.5. The summed E-state index contributed by atoms with van der Waals surface area (Å²) < 4.78 is 7.34. The summed E-state index contributed by atoms with van der Waals surface area (Å²) in [7, 11) is 0. The molecule has 5 rings (SSSR count). The van der Waals surface area contributed by atoms with E-state index in [1.807, 2.05) is 39.8 Å². The number of carbonyl (C=O) groups is 1. The van der Waals surface area contributed by atoms with Crippen molar-refractivity contribution in [2.24, 2.45) is 5.92 Å². The van der Waals surface area contributed by atoms with Gasteiger partial charge in [0.2, 0.25) is 5.76 Å². The molecule has 1 amide bonds. The molecule has 2 aliphatic rings. The molecule has 1 aliphatic heterocycles. The molecular weight excluding hydrogens is 330 g/mol. The molecule has 0 aromatic carbocycles. The highest BCUT2D eigenvalue weighted by Crippen LogP contribution is 2.39. The van der Waals surface area contributed by atoms with Gasteiger partial charge in [-0.25, -0.2) is 0 Å². The van der Waals surface area contributed by atoms with Crippen LogP contribution in [0.1, 0.15) is 53.7 Å². The molecule has 1 unspecified atom stereocenters. The smallest absolute Gasteiger partial charge is 0.292 e. The van der Waals surface area contributed by atoms with Crippen molar-refractivity contribution in [2.45, 2.75) is 38.0 Å². The van der Waals surface area contributed by atoms with E-state index in [1.54, 1.807) is 0 Å². The predicted octanol–water partition coefficient (Wildman–Crippen LogP) is 2.69. The monoisotopic (exact) mass is 351 g/mol. The maximum Gasteiger partial charge on any atom is 0.292 e. The van der Waals surface area contributed by atoms with Crippen molar-refractivity contribution in [1.82, 2.24) is 24.7 Å². The molecule has 3 aromatic rings. The third-order valence-electron chi connectivity index (χ3n) is 5.40. The molecule has 2 fully saturated rings. The van der Waals surface area contributed by atoms with Crippen molar-refractivity contribution in [3.63, 3.8) is 0 Å². The molecule has 3 aromatic heterocycles. The first-order valence-corrected chi connectivity index (χ1v) is 9.32. The first-order valence-electron chi connectivity index (χ1n) is 9.32. The summed E-state index contributed by atoms with van der Waals surface area (Å²) in [5.74, 6) is 2.16. The first kappa shape index (κ1) is 15.5. The Hall–Kier alpha value is -2.70. The number of pyridine rings is 1. The fraction of sp³-hybridized carbons (Fsp3) is 0.474. The molecular formula is C19H21N5O2. The zero-order valence-corrected chi connectivity index (χ0v) is 14.5. The Morgan fingerprint density at radius 2 is 2.15 bits per heavy atom. The first-order chi connectivity index (χ1) is 12.8. The standard InChI is InChI=1S/C19H21N5O2/c25-19(16-11-15(22-26-16)14-6-7-14)23-8-3-4-13(12-23)10-18-21-20-17-5-1-2-9-24(17)18/h1-2,5,9,11,13-14H,3-4,6-8,10,12H2. The number of nitrogens with zero attached hydrogens (tertiary/aromatic N) is 5. The van der Waals surface area contributed by atoms with Crippen molar-refractivity contribution in [3.8, 4) is 0 Å². The Morgan fingerprint density at radius 1 is 1.23 bits per heavy atom. The van der Waals surface area contributed by atoms with Crippen LogP contribution >= 0.6 is 0 Å². The molecule has 0 bridgehead atoms. The van der Waals surface area contributed by atoms with Crippen LogP contribution in [0.15, 0.2) is 35.0 Å². The normalized spacial score (nSPS) is 20.6. The van der Waals surface area contributed by atoms with Crippen LogP contribution in [0.2, 0.25) is 0 Å². The maximum absolute atomic E-state index is 12.8. The number of carbonyl (C=O) groups excluding carboxylic acids is 1. The average molecular weight is 351 g/mol. The molecule has 0 radical (unpaired) electrons. The molecule has 0 N–H and O–H groups in total. The molecule has 4 heterocycles. The highest BCUT2D eigenvalue weighted by molar-refractivity contribution is 5.91. The largest absolute Gasteiger partial charge is 0.351 e. The molecule has 7 nitrogen and oxygen atoms in total. The zero-order valence-electron chi connectivity index (χ0n) is 14.5. The van der Waals surface area contributed by atoms with Crippen LogP contribution < -0.4 is 0 Å². The van der Waals surface area contributed by atoms with Gasteiger partial charge < -0.3 is 9.42 Å². The van der Waals surface area contributed by atoms with E-state index in [9.17, 15) is 4.79 Å². The van der Waals surface area contributed by atoms with Crippen LogP contribution in [0.3, 0.4) is 0 Å². The number of amides is 1. The van der Waals surface area contributed by atoms with Gasteiger partial charge in [0.05, 0.1) is 5.69 Å². The fourth-order valence-electron chi connectivity index (χ4n) is 3.82. The molecule has 1 aliphatic carbocycles. The van der Waals surface area contributed by atoms with Crippen LogP contribution in [0.5, 0.6) is 0 Å². The van der Waals surface area contributed by atoms with Crippen LogP contribution in [-0.4, -0.2) is 43.7 Å². The third kappa shape index (κ3) is 2.87. The van der Waals surface area contributed by atoms with Gasteiger partial charge in [0, 0.05) is 37.7 Å². The van der Waals surface area contributed by atoms with Crippen molar-refractivity contribution in [2.75, 3.05) is 13.1 Å². The van der Waals surface area contributed by atoms with Gasteiger partial charge in [0.1, 0.15) is 5.82 Å². The maximum atomic E-state index is 12.8. The number of hydrogen-bond donors (Lipinski definition) is 0. The van der Waals surface area contributed by atoms with Crippen LogP contribution in [0, 0.1) is 5.92 Å². The van der Waals surface area contributed by atoms with E-state index in [0.29, 0.717) is 17.6 Å². The number of fused-ring (bicyclic) bond motifs is 1. The Bertz CT molecular complexity index is 942. The van der Waals surface area contributed by atoms with E-state index in [0.717, 1.165) is 62.4 Å². The van der Waals surface area contributed by atoms with Gasteiger partial charge in [-0.15, -0.1) is 10.2 Å². The summed E-state index contributed by atoms with van der Waals surface area (Å²) in [4.78, 5) is 14.7. The lowest BCUT2D eigenvalue weighted by Gasteiger charge is -2.31. The average Bonchev–Trinajstić information content (AvgIpc) is 3.27. The lowest BCUT2D eigenvalue weighted by molar-refractivity contribution is 0.0630. The highest BCUT2D eigenvalue weighted by atomic mass is 16.5. The molecule has 7 heteroatoms. The van der Waals surface area contributed by atoms with Gasteiger partial charge >= 0.3 is 0 Å². The van der Waals surface area contributed by atoms with E-state index in [2.05, 4.69) is 15.4 Å². The molecule has 134 valence electrons. The summed E-state index contributed by atoms with van der Waals surface area (Å²) in [6.07, 6.45) is 7.20. The summed E-state index contributed by atoms with van der Waals surface area (Å²) in [5, 5.41) is 12.6. The molecule has 1 atom stereocenters. The van der Waals surface area contributed by atoms with Crippen LogP contribution in [0.25, 0.3) is 5.65 Å². The number of rotatable bonds is 4. The minimum atomic E-state index is -0.0415. The summed E-state index contributed by atoms with van der Waals surface area (Å²) in [6.45, 7) is 1.50. The highest BCUT2D eigenvalue weighted by Gasteiger charge is 2.31. The Kier molecular flexibility index (Phi) is 3.72. The lowest BCUT2D eigenvalue weighted by Crippen LogP contribution is -2.40. The number of likely N-dealkylation sites (tertiary alicyclic amines) is 1. The van der Waals surface area contributed by atoms with Crippen molar-refractivity contribution >= 4 is 11.6 Å². The van der Waals surface area contributed by atoms with E-state index >= 15 is 0 Å². The summed E-state index contributed by atoms with van der Waals surface area (Å²) in [6, 6.07) is 7.73.